The highest BCUT2D eigenvalue weighted by atomic mass is 79.9. The number of aromatic amines is 1. The normalized spacial score (nSPS) is 10.5. The number of hydrogen-bond acceptors (Lipinski definition) is 2. The number of rotatable bonds is 4. The van der Waals surface area contributed by atoms with Gasteiger partial charge in [0.05, 0.1) is 12.8 Å². The first kappa shape index (κ1) is 12.0. The van der Waals surface area contributed by atoms with E-state index in [2.05, 4.69) is 20.9 Å². The maximum Gasteiger partial charge on any atom is 0.270 e. The van der Waals surface area contributed by atoms with Crippen molar-refractivity contribution in [2.24, 2.45) is 0 Å². The summed E-state index contributed by atoms with van der Waals surface area (Å²) in [5.41, 5.74) is 0.574. The summed E-state index contributed by atoms with van der Waals surface area (Å²) >= 11 is 3.31. The zero-order valence-electron chi connectivity index (χ0n) is 9.44. The third-order valence-electron chi connectivity index (χ3n) is 2.47. The first-order valence-electron chi connectivity index (χ1n) is 5.36. The van der Waals surface area contributed by atoms with Gasteiger partial charge in [-0.15, -0.1) is 0 Å². The molecule has 1 N–H and O–H groups in total. The number of furan rings is 1. The van der Waals surface area contributed by atoms with Crippen molar-refractivity contribution in [3.05, 3.63) is 46.6 Å². The van der Waals surface area contributed by atoms with Crippen LogP contribution in [-0.2, 0) is 6.54 Å². The van der Waals surface area contributed by atoms with Crippen molar-refractivity contribution in [2.75, 3.05) is 6.54 Å². The average Bonchev–Trinajstić information content (AvgIpc) is 2.96. The van der Waals surface area contributed by atoms with Gasteiger partial charge < -0.3 is 14.3 Å². The second-order valence-corrected chi connectivity index (χ2v) is 4.55. The van der Waals surface area contributed by atoms with Crippen LogP contribution in [0.2, 0.25) is 0 Å². The third-order valence-corrected chi connectivity index (χ3v) is 2.93. The number of halogens is 1. The minimum absolute atomic E-state index is 0.0328. The Kier molecular flexibility index (Phi) is 3.68. The van der Waals surface area contributed by atoms with Crippen molar-refractivity contribution in [3.63, 3.8) is 0 Å². The van der Waals surface area contributed by atoms with Crippen LogP contribution in [0.3, 0.4) is 0 Å². The lowest BCUT2D eigenvalue weighted by atomic mass is 10.3. The van der Waals surface area contributed by atoms with E-state index in [0.717, 1.165) is 10.2 Å². The Morgan fingerprint density at radius 1 is 1.59 bits per heavy atom. The quantitative estimate of drug-likeness (QED) is 0.943. The van der Waals surface area contributed by atoms with Gasteiger partial charge in [0, 0.05) is 17.2 Å². The number of H-pyrrole nitrogens is 1. The summed E-state index contributed by atoms with van der Waals surface area (Å²) < 4.78 is 6.11. The lowest BCUT2D eigenvalue weighted by molar-refractivity contribution is 0.0736. The van der Waals surface area contributed by atoms with Crippen LogP contribution in [0.25, 0.3) is 0 Å². The van der Waals surface area contributed by atoms with Gasteiger partial charge in [0.25, 0.3) is 5.91 Å². The van der Waals surface area contributed by atoms with Crippen LogP contribution in [-0.4, -0.2) is 22.3 Å². The standard InChI is InChI=1S/C12H13BrN2O2/c1-2-15(8-10-4-3-5-17-10)12(16)11-6-9(13)7-14-11/h3-7,14H,2,8H2,1H3. The Morgan fingerprint density at radius 3 is 2.94 bits per heavy atom. The maximum atomic E-state index is 12.1. The largest absolute Gasteiger partial charge is 0.467 e. The molecule has 0 aliphatic rings. The second kappa shape index (κ2) is 5.23. The molecule has 5 heteroatoms. The molecule has 0 saturated heterocycles. The molecule has 0 fully saturated rings. The lowest BCUT2D eigenvalue weighted by Gasteiger charge is -2.18. The predicted molar refractivity (Wildman–Crippen MR) is 67.6 cm³/mol. The Balaban J connectivity index is 2.10. The number of carbonyl (C=O) groups is 1. The number of nitrogens with one attached hydrogen (secondary N) is 1. The molecule has 0 saturated carbocycles. The van der Waals surface area contributed by atoms with E-state index < -0.39 is 0 Å². The molecule has 0 radical (unpaired) electrons. The SMILES string of the molecule is CCN(Cc1ccco1)C(=O)c1cc(Br)c[nH]1. The van der Waals surface area contributed by atoms with Crippen molar-refractivity contribution in [1.82, 2.24) is 9.88 Å². The van der Waals surface area contributed by atoms with Crippen LogP contribution in [0.4, 0.5) is 0 Å². The molecule has 0 spiro atoms. The fraction of sp³-hybridized carbons (Fsp3) is 0.250. The molecule has 0 bridgehead atoms. The number of aromatic nitrogens is 1. The van der Waals surface area contributed by atoms with E-state index in [0.29, 0.717) is 18.8 Å². The van der Waals surface area contributed by atoms with Gasteiger partial charge in [0.2, 0.25) is 0 Å². The number of carbonyl (C=O) groups excluding carboxylic acids is 1. The predicted octanol–water partition coefficient (Wildman–Crippen LogP) is 3.03. The Morgan fingerprint density at radius 2 is 2.41 bits per heavy atom. The van der Waals surface area contributed by atoms with Crippen LogP contribution in [0, 0.1) is 0 Å². The molecule has 2 heterocycles. The van der Waals surface area contributed by atoms with Crippen molar-refractivity contribution >= 4 is 21.8 Å². The molecule has 90 valence electrons. The topological polar surface area (TPSA) is 49.2 Å². The first-order valence-corrected chi connectivity index (χ1v) is 6.15. The smallest absolute Gasteiger partial charge is 0.270 e. The summed E-state index contributed by atoms with van der Waals surface area (Å²) in [5.74, 6) is 0.750. The van der Waals surface area contributed by atoms with Gasteiger partial charge in [-0.3, -0.25) is 4.79 Å². The molecular weight excluding hydrogens is 284 g/mol. The molecule has 0 aliphatic carbocycles. The summed E-state index contributed by atoms with van der Waals surface area (Å²) in [4.78, 5) is 16.8. The van der Waals surface area contributed by atoms with Crippen LogP contribution < -0.4 is 0 Å². The fourth-order valence-corrected chi connectivity index (χ4v) is 1.92. The minimum Gasteiger partial charge on any atom is -0.467 e. The van der Waals surface area contributed by atoms with Gasteiger partial charge in [0.1, 0.15) is 11.5 Å². The fourth-order valence-electron chi connectivity index (χ4n) is 1.58. The molecule has 0 aromatic carbocycles. The van der Waals surface area contributed by atoms with Gasteiger partial charge in [-0.1, -0.05) is 0 Å². The Bertz CT molecular complexity index is 490. The molecule has 0 atom stereocenters. The van der Waals surface area contributed by atoms with E-state index in [4.69, 9.17) is 4.42 Å². The van der Waals surface area contributed by atoms with Gasteiger partial charge in [-0.2, -0.15) is 0 Å². The monoisotopic (exact) mass is 296 g/mol. The molecule has 1 amide bonds. The van der Waals surface area contributed by atoms with Crippen LogP contribution in [0.1, 0.15) is 23.2 Å². The van der Waals surface area contributed by atoms with Crippen LogP contribution in [0.15, 0.2) is 39.5 Å². The van der Waals surface area contributed by atoms with Crippen LogP contribution in [0.5, 0.6) is 0 Å². The van der Waals surface area contributed by atoms with Gasteiger partial charge in [-0.05, 0) is 41.1 Å². The summed E-state index contributed by atoms with van der Waals surface area (Å²) in [7, 11) is 0. The molecule has 0 aliphatic heterocycles. The highest BCUT2D eigenvalue weighted by molar-refractivity contribution is 9.10. The van der Waals surface area contributed by atoms with Crippen molar-refractivity contribution in [1.29, 1.82) is 0 Å². The summed E-state index contributed by atoms with van der Waals surface area (Å²) in [5, 5.41) is 0. The van der Waals surface area contributed by atoms with Crippen LogP contribution >= 0.6 is 15.9 Å². The summed E-state index contributed by atoms with van der Waals surface area (Å²) in [6, 6.07) is 5.45. The van der Waals surface area contributed by atoms with E-state index in [1.54, 1.807) is 23.4 Å². The number of amides is 1. The minimum atomic E-state index is -0.0328. The van der Waals surface area contributed by atoms with Crippen molar-refractivity contribution < 1.29 is 9.21 Å². The van der Waals surface area contributed by atoms with E-state index in [-0.39, 0.29) is 5.91 Å². The average molecular weight is 297 g/mol. The molecule has 2 aromatic heterocycles. The van der Waals surface area contributed by atoms with Gasteiger partial charge >= 0.3 is 0 Å². The van der Waals surface area contributed by atoms with Gasteiger partial charge in [0.15, 0.2) is 0 Å². The van der Waals surface area contributed by atoms with E-state index in [1.807, 2.05) is 19.1 Å². The molecule has 2 rings (SSSR count). The Labute approximate surface area is 108 Å². The molecule has 17 heavy (non-hydrogen) atoms. The summed E-state index contributed by atoms with van der Waals surface area (Å²) in [6.45, 7) is 3.06. The third kappa shape index (κ3) is 2.79. The van der Waals surface area contributed by atoms with E-state index in [9.17, 15) is 4.79 Å². The van der Waals surface area contributed by atoms with E-state index in [1.165, 1.54) is 0 Å². The second-order valence-electron chi connectivity index (χ2n) is 3.63. The molecule has 4 nitrogen and oxygen atoms in total. The molecule has 0 unspecified atom stereocenters. The number of nitrogens with zero attached hydrogens (tertiary/aromatic N) is 1. The number of hydrogen-bond donors (Lipinski definition) is 1. The lowest BCUT2D eigenvalue weighted by Crippen LogP contribution is -2.30. The highest BCUT2D eigenvalue weighted by Gasteiger charge is 2.16. The molecule has 2 aromatic rings. The summed E-state index contributed by atoms with van der Waals surface area (Å²) in [6.07, 6.45) is 3.35. The maximum absolute atomic E-state index is 12.1. The van der Waals surface area contributed by atoms with Crippen molar-refractivity contribution in [2.45, 2.75) is 13.5 Å². The van der Waals surface area contributed by atoms with Crippen molar-refractivity contribution in [3.8, 4) is 0 Å². The Hall–Kier alpha value is -1.49. The molecular formula is C12H13BrN2O2. The first-order chi connectivity index (χ1) is 8.20. The zero-order valence-corrected chi connectivity index (χ0v) is 11.0. The van der Waals surface area contributed by atoms with Gasteiger partial charge in [-0.25, -0.2) is 0 Å². The van der Waals surface area contributed by atoms with E-state index >= 15 is 0 Å². The highest BCUT2D eigenvalue weighted by Crippen LogP contribution is 2.14. The zero-order chi connectivity index (χ0) is 12.3.